The molecule has 101 heavy (non-hydrogen) atoms. The van der Waals surface area contributed by atoms with Crippen molar-refractivity contribution in [3.8, 4) is 0 Å². The molecule has 0 fully saturated rings. The number of quaternary nitrogens is 1. The van der Waals surface area contributed by atoms with Gasteiger partial charge in [-0.1, -0.05) is 322 Å². The molecule has 0 aromatic heterocycles. The van der Waals surface area contributed by atoms with E-state index in [0.29, 0.717) is 30.3 Å². The lowest BCUT2D eigenvalue weighted by molar-refractivity contribution is -0.870. The molecule has 5 atom stereocenters. The zero-order valence-corrected chi connectivity index (χ0v) is 67.7. The van der Waals surface area contributed by atoms with Gasteiger partial charge in [0.2, 0.25) is 0 Å². The summed E-state index contributed by atoms with van der Waals surface area (Å²) in [7, 11) is -3.43. The molecule has 0 aliphatic heterocycles. The summed E-state index contributed by atoms with van der Waals surface area (Å²) < 4.78 is 66.5. The van der Waals surface area contributed by atoms with Crippen LogP contribution in [0.1, 0.15) is 387 Å². The molecule has 600 valence electrons. The molecule has 3 N–H and O–H groups in total. The van der Waals surface area contributed by atoms with Gasteiger partial charge in [0.15, 0.2) is 12.2 Å². The molecule has 0 saturated heterocycles. The number of ether oxygens (including phenoxy) is 4. The molecule has 0 spiro atoms. The fourth-order valence-electron chi connectivity index (χ4n) is 11.5. The van der Waals surface area contributed by atoms with Gasteiger partial charge in [0.05, 0.1) is 47.6 Å². The fraction of sp³-hybridized carbons (Fsp3) is 0.925. The van der Waals surface area contributed by atoms with E-state index in [1.165, 1.54) is 225 Å². The summed E-state index contributed by atoms with van der Waals surface area (Å²) in [6.45, 7) is 6.61. The second-order valence-corrected chi connectivity index (χ2v) is 32.3. The summed E-state index contributed by atoms with van der Waals surface area (Å²) in [5.41, 5.74) is 0. The maximum Gasteiger partial charge on any atom is 0.472 e. The number of hydrogen-bond acceptors (Lipinski definition) is 17. The molecule has 5 unspecified atom stereocenters. The third-order valence-corrected chi connectivity index (χ3v) is 20.0. The van der Waals surface area contributed by atoms with Crippen molar-refractivity contribution >= 4 is 39.5 Å². The molecule has 19 nitrogen and oxygen atoms in total. The van der Waals surface area contributed by atoms with Crippen molar-refractivity contribution in [3.05, 3.63) is 12.2 Å². The molecule has 0 aliphatic carbocycles. The minimum Gasteiger partial charge on any atom is -0.756 e. The first-order chi connectivity index (χ1) is 48.7. The van der Waals surface area contributed by atoms with Gasteiger partial charge in [0.1, 0.15) is 32.5 Å². The second-order valence-electron chi connectivity index (χ2n) is 29.4. The van der Waals surface area contributed by atoms with Crippen LogP contribution >= 0.6 is 15.6 Å². The smallest absolute Gasteiger partial charge is 0.472 e. The van der Waals surface area contributed by atoms with Crippen LogP contribution in [0, 0.1) is 0 Å². The topological polar surface area (TPSA) is 260 Å². The van der Waals surface area contributed by atoms with Crippen LogP contribution in [0.15, 0.2) is 12.2 Å². The van der Waals surface area contributed by atoms with Crippen LogP contribution in [0.4, 0.5) is 0 Å². The first-order valence-corrected chi connectivity index (χ1v) is 44.3. The zero-order valence-electron chi connectivity index (χ0n) is 65.9. The average Bonchev–Trinajstić information content (AvgIpc) is 0.957. The number of likely N-dealkylation sites (N-methyl/N-ethyl adjacent to an activating group) is 1. The predicted octanol–water partition coefficient (Wildman–Crippen LogP) is 21.1. The van der Waals surface area contributed by atoms with E-state index in [4.69, 9.17) is 37.6 Å². The minimum atomic E-state index is -4.61. The number of phosphoric ester groups is 2. The number of rotatable bonds is 77. The van der Waals surface area contributed by atoms with Gasteiger partial charge in [-0.25, -0.2) is 4.57 Å². The molecule has 0 amide bonds. The lowest BCUT2D eigenvalue weighted by Crippen LogP contribution is -2.37. The Morgan fingerprint density at radius 3 is 0.911 bits per heavy atom. The third-order valence-electron chi connectivity index (χ3n) is 18.0. The van der Waals surface area contributed by atoms with E-state index >= 15 is 0 Å². The Hall–Kier alpha value is -2.28. The summed E-state index contributed by atoms with van der Waals surface area (Å²) >= 11 is 0. The van der Waals surface area contributed by atoms with Crippen molar-refractivity contribution in [1.82, 2.24) is 0 Å². The van der Waals surface area contributed by atoms with Crippen LogP contribution in [-0.2, 0) is 65.4 Å². The Labute approximate surface area is 618 Å². The Kier molecular flexibility index (Phi) is 74.4. The van der Waals surface area contributed by atoms with Crippen LogP contribution in [0.3, 0.4) is 0 Å². The lowest BCUT2D eigenvalue weighted by atomic mass is 10.0. The van der Waals surface area contributed by atoms with Gasteiger partial charge in [-0.3, -0.25) is 32.8 Å². The summed E-state index contributed by atoms with van der Waals surface area (Å²) in [6.07, 6.45) is 64.3. The van der Waals surface area contributed by atoms with Crippen LogP contribution < -0.4 is 4.89 Å². The largest absolute Gasteiger partial charge is 0.756 e. The number of esters is 4. The van der Waals surface area contributed by atoms with E-state index in [1.54, 1.807) is 0 Å². The third kappa shape index (κ3) is 80.1. The molecule has 0 aromatic carbocycles. The molecule has 21 heteroatoms. The number of aliphatic hydroxyl groups is 2. The van der Waals surface area contributed by atoms with E-state index in [9.17, 15) is 43.2 Å². The molecule has 0 heterocycles. The summed E-state index contributed by atoms with van der Waals surface area (Å²) in [5.74, 6) is -1.75. The zero-order chi connectivity index (χ0) is 74.9. The molecule has 0 bridgehead atoms. The normalized spacial score (nSPS) is 13.9. The van der Waals surface area contributed by atoms with Gasteiger partial charge in [0, 0.05) is 25.7 Å². The van der Waals surface area contributed by atoms with Gasteiger partial charge < -0.3 is 52.5 Å². The fourth-order valence-corrected chi connectivity index (χ4v) is 13.0. The highest BCUT2D eigenvalue weighted by atomic mass is 31.2. The van der Waals surface area contributed by atoms with E-state index < -0.39 is 78.3 Å². The molecule has 0 aliphatic rings. The van der Waals surface area contributed by atoms with Crippen LogP contribution in [0.25, 0.3) is 0 Å². The predicted molar refractivity (Wildman–Crippen MR) is 409 cm³/mol. The Morgan fingerprint density at radius 2 is 0.624 bits per heavy atom. The number of phosphoric acid groups is 2. The SMILES string of the molecule is CCCCCCCC/C=C\CCCCCCCC(=O)OC(COC(=O)CCCCCCCCCCCCCCC)COP(=O)(O)OCC(O)CO.CCCCCCCCCCCCCCCC(=O)OCC(COP(=O)([O-])OCC[N+](C)(C)C)OC(=O)CCCCCCCCCCCCCCC. The molecule has 0 saturated carbocycles. The summed E-state index contributed by atoms with van der Waals surface area (Å²) in [6, 6.07) is 0. The Bertz CT molecular complexity index is 1980. The van der Waals surface area contributed by atoms with Gasteiger partial charge in [-0.05, 0) is 51.4 Å². The van der Waals surface area contributed by atoms with E-state index in [-0.39, 0.29) is 51.5 Å². The minimum absolute atomic E-state index is 0.0259. The quantitative estimate of drug-likeness (QED) is 0.0128. The molecular formula is C80H157NO18P2. The van der Waals surface area contributed by atoms with E-state index in [0.717, 1.165) is 89.9 Å². The maximum absolute atomic E-state index is 12.6. The Balaban J connectivity index is 0. The van der Waals surface area contributed by atoms with Crippen LogP contribution in [0.2, 0.25) is 0 Å². The summed E-state index contributed by atoms with van der Waals surface area (Å²) in [5, 5.41) is 18.3. The Morgan fingerprint density at radius 1 is 0.366 bits per heavy atom. The van der Waals surface area contributed by atoms with E-state index in [1.807, 2.05) is 21.1 Å². The van der Waals surface area contributed by atoms with Crippen molar-refractivity contribution in [3.63, 3.8) is 0 Å². The van der Waals surface area contributed by atoms with Crippen molar-refractivity contribution in [2.75, 3.05) is 73.9 Å². The van der Waals surface area contributed by atoms with Crippen molar-refractivity contribution in [2.24, 2.45) is 0 Å². The standard InChI is InChI=1S/C40H80NO8P.C40H77O10P/c1-6-8-10-12-14-16-18-20-22-24-26-28-30-32-39(42)46-36-38(37-48-50(44,45)47-35-34-41(3,4)5)49-40(43)33-31-29-27-25-23-21-19-17-15-13-11-9-7-2;1-3-5-7-9-11-13-15-17-18-20-22-24-26-28-30-32-40(44)50-38(36-49-51(45,46)48-34-37(42)33-41)35-47-39(43)31-29-27-25-23-21-19-16-14-12-10-8-6-4-2/h38H,6-37H2,1-5H3;17-18,37-38,41-42H,3-16,19-36H2,1-2H3,(H,45,46)/b;18-17-. The number of aliphatic hydroxyl groups excluding tert-OH is 2. The maximum atomic E-state index is 12.6. The number of carbonyl (C=O) groups excluding carboxylic acids is 4. The van der Waals surface area contributed by atoms with Gasteiger partial charge in [0.25, 0.3) is 7.82 Å². The molecule has 0 aromatic rings. The van der Waals surface area contributed by atoms with Gasteiger partial charge >= 0.3 is 31.7 Å². The number of unbranched alkanes of at least 4 members (excludes halogenated alkanes) is 47. The molecule has 0 rings (SSSR count). The van der Waals surface area contributed by atoms with Crippen molar-refractivity contribution < 1.29 is 89.8 Å². The lowest BCUT2D eigenvalue weighted by Gasteiger charge is -2.28. The monoisotopic (exact) mass is 1480 g/mol. The number of allylic oxidation sites excluding steroid dienone is 2. The first kappa shape index (κ1) is 101. The van der Waals surface area contributed by atoms with Crippen molar-refractivity contribution in [2.45, 2.75) is 406 Å². The van der Waals surface area contributed by atoms with E-state index in [2.05, 4.69) is 44.4 Å². The molecular weight excluding hydrogens is 1320 g/mol. The van der Waals surface area contributed by atoms with Crippen LogP contribution in [0.5, 0.6) is 0 Å². The number of carbonyl (C=O) groups is 4. The number of nitrogens with zero attached hydrogens (tertiary/aromatic N) is 1. The first-order valence-electron chi connectivity index (χ1n) is 41.4. The highest BCUT2D eigenvalue weighted by molar-refractivity contribution is 7.47. The average molecular weight is 1480 g/mol. The summed E-state index contributed by atoms with van der Waals surface area (Å²) in [4.78, 5) is 72.3. The number of hydrogen-bond donors (Lipinski definition) is 3. The van der Waals surface area contributed by atoms with Gasteiger partial charge in [-0.2, -0.15) is 0 Å². The van der Waals surface area contributed by atoms with Crippen LogP contribution in [-0.4, -0.2) is 136 Å². The van der Waals surface area contributed by atoms with Gasteiger partial charge in [-0.15, -0.1) is 0 Å². The van der Waals surface area contributed by atoms with Crippen molar-refractivity contribution in [1.29, 1.82) is 0 Å². The highest BCUT2D eigenvalue weighted by Crippen LogP contribution is 2.43. The molecule has 0 radical (unpaired) electrons. The highest BCUT2D eigenvalue weighted by Gasteiger charge is 2.28. The second kappa shape index (κ2) is 74.6.